The molecule has 7 heteroatoms. The third-order valence-corrected chi connectivity index (χ3v) is 6.52. The van der Waals surface area contributed by atoms with Crippen molar-refractivity contribution in [2.45, 2.75) is 45.2 Å². The Kier molecular flexibility index (Phi) is 3.84. The number of aromatic nitrogens is 5. The lowest BCUT2D eigenvalue weighted by atomic mass is 9.79. The van der Waals surface area contributed by atoms with Crippen molar-refractivity contribution in [3.63, 3.8) is 0 Å². The number of aromatic amines is 1. The Morgan fingerprint density at radius 3 is 2.81 bits per heavy atom. The Morgan fingerprint density at radius 1 is 1.19 bits per heavy atom. The highest BCUT2D eigenvalue weighted by atomic mass is 15.3. The van der Waals surface area contributed by atoms with Gasteiger partial charge in [0.2, 0.25) is 0 Å². The van der Waals surface area contributed by atoms with Gasteiger partial charge in [0.15, 0.2) is 5.65 Å². The van der Waals surface area contributed by atoms with Crippen LogP contribution < -0.4 is 0 Å². The minimum Gasteiger partial charge on any atom is -0.348 e. The predicted molar refractivity (Wildman–Crippen MR) is 104 cm³/mol. The molecule has 0 radical (unpaired) electrons. The van der Waals surface area contributed by atoms with Gasteiger partial charge in [-0.15, -0.1) is 0 Å². The molecule has 1 saturated heterocycles. The summed E-state index contributed by atoms with van der Waals surface area (Å²) in [5, 5.41) is 4.55. The summed E-state index contributed by atoms with van der Waals surface area (Å²) >= 11 is 0. The zero-order valence-corrected chi connectivity index (χ0v) is 16.4. The number of nitrogens with zero attached hydrogens (tertiary/aromatic N) is 6. The summed E-state index contributed by atoms with van der Waals surface area (Å²) in [5.74, 6) is 0. The van der Waals surface area contributed by atoms with E-state index in [1.807, 2.05) is 17.0 Å². The normalized spacial score (nSPS) is 20.4. The van der Waals surface area contributed by atoms with E-state index >= 15 is 0 Å². The van der Waals surface area contributed by atoms with Gasteiger partial charge in [0.25, 0.3) is 0 Å². The quantitative estimate of drug-likeness (QED) is 0.753. The highest BCUT2D eigenvalue weighted by Crippen LogP contribution is 2.41. The summed E-state index contributed by atoms with van der Waals surface area (Å²) in [4.78, 5) is 17.9. The fraction of sp³-hybridized carbons (Fsp3) is 0.550. The largest absolute Gasteiger partial charge is 0.348 e. The van der Waals surface area contributed by atoms with E-state index in [9.17, 15) is 0 Å². The number of nitrogens with one attached hydrogen (secondary N) is 1. The first kappa shape index (κ1) is 16.9. The average molecular weight is 365 g/mol. The molecule has 1 spiro atoms. The van der Waals surface area contributed by atoms with Crippen molar-refractivity contribution in [1.82, 2.24) is 34.4 Å². The van der Waals surface area contributed by atoms with Crippen LogP contribution in [0.2, 0.25) is 0 Å². The lowest BCUT2D eigenvalue weighted by molar-refractivity contribution is 0.0222. The topological polar surface area (TPSA) is 65.3 Å². The average Bonchev–Trinajstić information content (AvgIpc) is 3.28. The molecule has 5 rings (SSSR count). The summed E-state index contributed by atoms with van der Waals surface area (Å²) in [7, 11) is 2.26. The van der Waals surface area contributed by atoms with Gasteiger partial charge in [0.05, 0.1) is 23.8 Å². The maximum Gasteiger partial charge on any atom is 0.159 e. The van der Waals surface area contributed by atoms with Gasteiger partial charge in [0, 0.05) is 55.2 Å². The molecule has 0 bridgehead atoms. The van der Waals surface area contributed by atoms with Gasteiger partial charge in [0.1, 0.15) is 0 Å². The van der Waals surface area contributed by atoms with Crippen molar-refractivity contribution >= 4 is 5.65 Å². The van der Waals surface area contributed by atoms with E-state index in [1.54, 1.807) is 0 Å². The standard InChI is InChI=1S/C20H27N7/c1-14-10-15(2)27-19(24-14)16(11-23-27)12-26-8-5-20(6-9-26)18-17(21-13-22-18)4-7-25(20)3/h10-11,13H,4-9,12H2,1-3H3,(H,21,22). The molecule has 0 amide bonds. The van der Waals surface area contributed by atoms with Crippen LogP contribution in [0.15, 0.2) is 18.6 Å². The van der Waals surface area contributed by atoms with Crippen LogP contribution in [0.4, 0.5) is 0 Å². The molecule has 3 aromatic heterocycles. The van der Waals surface area contributed by atoms with E-state index in [0.29, 0.717) is 0 Å². The van der Waals surface area contributed by atoms with Crippen LogP contribution in [0, 0.1) is 13.8 Å². The van der Waals surface area contributed by atoms with Crippen molar-refractivity contribution < 1.29 is 0 Å². The number of likely N-dealkylation sites (N-methyl/N-ethyl adjacent to an activating group) is 1. The second kappa shape index (κ2) is 6.14. The van der Waals surface area contributed by atoms with Crippen molar-refractivity contribution in [3.05, 3.63) is 46.9 Å². The number of likely N-dealkylation sites (tertiary alicyclic amines) is 1. The molecule has 0 saturated carbocycles. The van der Waals surface area contributed by atoms with E-state index in [1.165, 1.54) is 17.0 Å². The number of hydrogen-bond donors (Lipinski definition) is 1. The number of hydrogen-bond acceptors (Lipinski definition) is 5. The number of H-pyrrole nitrogens is 1. The smallest absolute Gasteiger partial charge is 0.159 e. The summed E-state index contributed by atoms with van der Waals surface area (Å²) in [6, 6.07) is 2.08. The van der Waals surface area contributed by atoms with Crippen molar-refractivity contribution in [2.24, 2.45) is 0 Å². The van der Waals surface area contributed by atoms with Gasteiger partial charge in [-0.05, 0) is 39.8 Å². The van der Waals surface area contributed by atoms with E-state index in [-0.39, 0.29) is 5.54 Å². The lowest BCUT2D eigenvalue weighted by Crippen LogP contribution is -2.54. The van der Waals surface area contributed by atoms with Crippen LogP contribution in [-0.2, 0) is 18.5 Å². The molecule has 0 aliphatic carbocycles. The van der Waals surface area contributed by atoms with Crippen LogP contribution in [0.1, 0.15) is 41.2 Å². The second-order valence-electron chi connectivity index (χ2n) is 8.15. The van der Waals surface area contributed by atoms with Crippen molar-refractivity contribution in [3.8, 4) is 0 Å². The van der Waals surface area contributed by atoms with Gasteiger partial charge in [-0.1, -0.05) is 0 Å². The molecule has 7 nitrogen and oxygen atoms in total. The Morgan fingerprint density at radius 2 is 2.00 bits per heavy atom. The number of imidazole rings is 1. The molecule has 142 valence electrons. The minimum absolute atomic E-state index is 0.0938. The first-order valence-corrected chi connectivity index (χ1v) is 9.84. The molecule has 0 unspecified atom stereocenters. The van der Waals surface area contributed by atoms with E-state index in [0.717, 1.165) is 62.5 Å². The zero-order chi connectivity index (χ0) is 18.6. The van der Waals surface area contributed by atoms with E-state index in [4.69, 9.17) is 9.97 Å². The van der Waals surface area contributed by atoms with Gasteiger partial charge in [-0.3, -0.25) is 9.80 Å². The third-order valence-electron chi connectivity index (χ3n) is 6.52. The number of rotatable bonds is 2. The fourth-order valence-electron chi connectivity index (χ4n) is 4.95. The molecule has 2 aliphatic rings. The third kappa shape index (κ3) is 2.60. The van der Waals surface area contributed by atoms with Crippen LogP contribution >= 0.6 is 0 Å². The van der Waals surface area contributed by atoms with E-state index < -0.39 is 0 Å². The van der Waals surface area contributed by atoms with Crippen LogP contribution in [0.3, 0.4) is 0 Å². The number of aryl methyl sites for hydroxylation is 2. The molecular formula is C20H27N7. The second-order valence-corrected chi connectivity index (χ2v) is 8.15. The van der Waals surface area contributed by atoms with Crippen LogP contribution in [0.25, 0.3) is 5.65 Å². The molecule has 2 aliphatic heterocycles. The summed E-state index contributed by atoms with van der Waals surface area (Å²) < 4.78 is 1.96. The zero-order valence-electron chi connectivity index (χ0n) is 16.4. The molecule has 5 heterocycles. The molecule has 0 atom stereocenters. The Bertz CT molecular complexity index is 978. The number of fused-ring (bicyclic) bond motifs is 3. The molecule has 1 fully saturated rings. The summed E-state index contributed by atoms with van der Waals surface area (Å²) in [6.07, 6.45) is 7.16. The maximum atomic E-state index is 4.73. The monoisotopic (exact) mass is 365 g/mol. The van der Waals surface area contributed by atoms with Gasteiger partial charge in [-0.25, -0.2) is 14.5 Å². The Hall–Kier alpha value is -2.25. The van der Waals surface area contributed by atoms with Crippen LogP contribution in [-0.4, -0.2) is 61.0 Å². The lowest BCUT2D eigenvalue weighted by Gasteiger charge is -2.49. The molecule has 0 aromatic carbocycles. The molecule has 27 heavy (non-hydrogen) atoms. The van der Waals surface area contributed by atoms with Crippen LogP contribution in [0.5, 0.6) is 0 Å². The SMILES string of the molecule is Cc1cc(C)n2ncc(CN3CCC4(CC3)c3nc[nH]c3CCN4C)c2n1. The Balaban J connectivity index is 1.37. The Labute approximate surface area is 159 Å². The van der Waals surface area contributed by atoms with E-state index in [2.05, 4.69) is 46.8 Å². The predicted octanol–water partition coefficient (Wildman–Crippen LogP) is 2.05. The summed E-state index contributed by atoms with van der Waals surface area (Å²) in [5.41, 5.74) is 7.10. The fourth-order valence-corrected chi connectivity index (χ4v) is 4.95. The highest BCUT2D eigenvalue weighted by Gasteiger charge is 2.44. The first-order valence-electron chi connectivity index (χ1n) is 9.84. The maximum absolute atomic E-state index is 4.73. The molecule has 3 aromatic rings. The highest BCUT2D eigenvalue weighted by molar-refractivity contribution is 5.47. The van der Waals surface area contributed by atoms with Gasteiger partial charge >= 0.3 is 0 Å². The number of piperidine rings is 1. The van der Waals surface area contributed by atoms with Crippen molar-refractivity contribution in [1.29, 1.82) is 0 Å². The van der Waals surface area contributed by atoms with Crippen molar-refractivity contribution in [2.75, 3.05) is 26.7 Å². The molecule has 1 N–H and O–H groups in total. The summed E-state index contributed by atoms with van der Waals surface area (Å²) in [6.45, 7) is 8.29. The van der Waals surface area contributed by atoms with Gasteiger partial charge < -0.3 is 4.98 Å². The van der Waals surface area contributed by atoms with Gasteiger partial charge in [-0.2, -0.15) is 5.10 Å². The minimum atomic E-state index is 0.0938. The molecular weight excluding hydrogens is 338 g/mol. The first-order chi connectivity index (χ1) is 13.1.